The Hall–Kier alpha value is -0.980. The van der Waals surface area contributed by atoms with Crippen molar-refractivity contribution in [2.24, 2.45) is 11.7 Å². The average Bonchev–Trinajstić information content (AvgIpc) is 2.95. The lowest BCUT2D eigenvalue weighted by molar-refractivity contribution is 0.0737. The fraction of sp³-hybridized carbons (Fsp3) is 0.667. The summed E-state index contributed by atoms with van der Waals surface area (Å²) in [5.41, 5.74) is 6.20. The Bertz CT molecular complexity index is 421. The van der Waals surface area contributed by atoms with E-state index in [1.165, 1.54) is 11.3 Å². The lowest BCUT2D eigenvalue weighted by atomic mass is 10.1. The molecule has 2 unspecified atom stereocenters. The molecule has 1 aromatic heterocycles. The van der Waals surface area contributed by atoms with E-state index in [1.54, 1.807) is 12.5 Å². The first-order chi connectivity index (χ1) is 8.65. The molecule has 100 valence electrons. The number of amides is 1. The van der Waals surface area contributed by atoms with Crippen molar-refractivity contribution in [3.05, 3.63) is 16.1 Å². The summed E-state index contributed by atoms with van der Waals surface area (Å²) in [6.07, 6.45) is 0.983. The Morgan fingerprint density at radius 3 is 3.11 bits per heavy atom. The van der Waals surface area contributed by atoms with E-state index in [4.69, 9.17) is 10.5 Å². The number of ether oxygens (including phenoxy) is 1. The quantitative estimate of drug-likeness (QED) is 0.888. The van der Waals surface area contributed by atoms with E-state index in [1.807, 2.05) is 4.90 Å². The van der Waals surface area contributed by atoms with Gasteiger partial charge >= 0.3 is 0 Å². The molecule has 0 bridgehead atoms. The maximum Gasteiger partial charge on any atom is 0.273 e. The summed E-state index contributed by atoms with van der Waals surface area (Å²) < 4.78 is 5.01. The second-order valence-electron chi connectivity index (χ2n) is 4.70. The first-order valence-electron chi connectivity index (χ1n) is 6.10. The normalized spacial score (nSPS) is 23.6. The highest BCUT2D eigenvalue weighted by molar-refractivity contribution is 7.09. The Balaban J connectivity index is 2.06. The van der Waals surface area contributed by atoms with Gasteiger partial charge in [-0.2, -0.15) is 0 Å². The minimum atomic E-state index is 0.0112. The molecule has 6 heteroatoms. The van der Waals surface area contributed by atoms with Crippen LogP contribution in [0.4, 0.5) is 0 Å². The number of hydrogen-bond acceptors (Lipinski definition) is 5. The molecule has 18 heavy (non-hydrogen) atoms. The number of hydrogen-bond donors (Lipinski definition) is 1. The molecule has 2 heterocycles. The van der Waals surface area contributed by atoms with E-state index in [2.05, 4.69) is 11.9 Å². The molecule has 1 amide bonds. The van der Waals surface area contributed by atoms with E-state index in [-0.39, 0.29) is 11.9 Å². The van der Waals surface area contributed by atoms with Gasteiger partial charge in [0.25, 0.3) is 5.91 Å². The zero-order valence-corrected chi connectivity index (χ0v) is 11.6. The fourth-order valence-corrected chi connectivity index (χ4v) is 3.08. The molecule has 1 fully saturated rings. The van der Waals surface area contributed by atoms with Gasteiger partial charge in [0.05, 0.1) is 6.61 Å². The summed E-state index contributed by atoms with van der Waals surface area (Å²) in [5, 5.41) is 2.64. The number of methoxy groups -OCH3 is 1. The Morgan fingerprint density at radius 2 is 2.50 bits per heavy atom. The predicted molar refractivity (Wildman–Crippen MR) is 70.5 cm³/mol. The Morgan fingerprint density at radius 1 is 1.72 bits per heavy atom. The molecule has 1 saturated heterocycles. The molecule has 2 rings (SSSR count). The maximum absolute atomic E-state index is 12.3. The molecule has 1 aromatic rings. The number of aromatic nitrogens is 1. The molecule has 5 nitrogen and oxygen atoms in total. The van der Waals surface area contributed by atoms with Crippen LogP contribution >= 0.6 is 11.3 Å². The number of carbonyl (C=O) groups excluding carboxylic acids is 1. The highest BCUT2D eigenvalue weighted by Gasteiger charge is 2.32. The molecule has 1 aliphatic rings. The zero-order chi connectivity index (χ0) is 13.1. The van der Waals surface area contributed by atoms with Crippen molar-refractivity contribution in [3.63, 3.8) is 0 Å². The highest BCUT2D eigenvalue weighted by atomic mass is 32.1. The minimum Gasteiger partial charge on any atom is -0.378 e. The first-order valence-corrected chi connectivity index (χ1v) is 6.98. The van der Waals surface area contributed by atoms with Gasteiger partial charge in [-0.25, -0.2) is 4.98 Å². The molecule has 0 spiro atoms. The van der Waals surface area contributed by atoms with Crippen molar-refractivity contribution in [2.45, 2.75) is 26.0 Å². The molecule has 0 saturated carbocycles. The SMILES string of the molecule is COCc1nc(C(=O)N2CC(CN)CC2C)cs1. The zero-order valence-electron chi connectivity index (χ0n) is 10.8. The number of carbonyl (C=O) groups is 1. The van der Waals surface area contributed by atoms with Gasteiger partial charge in [0, 0.05) is 25.1 Å². The van der Waals surface area contributed by atoms with Crippen LogP contribution in [0.3, 0.4) is 0 Å². The number of rotatable bonds is 4. The van der Waals surface area contributed by atoms with Gasteiger partial charge in [-0.05, 0) is 25.8 Å². The highest BCUT2D eigenvalue weighted by Crippen LogP contribution is 2.24. The van der Waals surface area contributed by atoms with Crippen LogP contribution in [0.1, 0.15) is 28.8 Å². The molecule has 2 N–H and O–H groups in total. The molecule has 0 aromatic carbocycles. The Labute approximate surface area is 111 Å². The lowest BCUT2D eigenvalue weighted by Gasteiger charge is -2.20. The standard InChI is InChI=1S/C12H19N3O2S/c1-8-3-9(4-13)5-15(8)12(16)10-7-18-11(14-10)6-17-2/h7-9H,3-6,13H2,1-2H3. The van der Waals surface area contributed by atoms with Gasteiger partial charge in [0.2, 0.25) is 0 Å². The summed E-state index contributed by atoms with van der Waals surface area (Å²) in [5.74, 6) is 0.429. The van der Waals surface area contributed by atoms with Gasteiger partial charge in [-0.3, -0.25) is 4.79 Å². The third kappa shape index (κ3) is 2.71. The van der Waals surface area contributed by atoms with Crippen molar-refractivity contribution < 1.29 is 9.53 Å². The molecule has 0 aliphatic carbocycles. The van der Waals surface area contributed by atoms with Crippen LogP contribution in [0.5, 0.6) is 0 Å². The van der Waals surface area contributed by atoms with Crippen LogP contribution < -0.4 is 5.73 Å². The van der Waals surface area contributed by atoms with Crippen LogP contribution in [0.2, 0.25) is 0 Å². The second-order valence-corrected chi connectivity index (χ2v) is 5.65. The third-order valence-electron chi connectivity index (χ3n) is 3.29. The van der Waals surface area contributed by atoms with Crippen LogP contribution in [0, 0.1) is 5.92 Å². The largest absolute Gasteiger partial charge is 0.378 e. The number of likely N-dealkylation sites (tertiary alicyclic amines) is 1. The molecular formula is C12H19N3O2S. The van der Waals surface area contributed by atoms with Crippen LogP contribution in [0.15, 0.2) is 5.38 Å². The van der Waals surface area contributed by atoms with E-state index in [0.29, 0.717) is 24.8 Å². The average molecular weight is 269 g/mol. The topological polar surface area (TPSA) is 68.5 Å². The van der Waals surface area contributed by atoms with Crippen LogP contribution in [-0.2, 0) is 11.3 Å². The summed E-state index contributed by atoms with van der Waals surface area (Å²) in [6, 6.07) is 0.249. The second kappa shape index (κ2) is 5.77. The summed E-state index contributed by atoms with van der Waals surface area (Å²) >= 11 is 1.46. The van der Waals surface area contributed by atoms with Crippen molar-refractivity contribution in [2.75, 3.05) is 20.2 Å². The van der Waals surface area contributed by atoms with Gasteiger partial charge in [-0.1, -0.05) is 0 Å². The maximum atomic E-state index is 12.3. The van der Waals surface area contributed by atoms with Crippen molar-refractivity contribution >= 4 is 17.2 Å². The van der Waals surface area contributed by atoms with Gasteiger partial charge in [0.1, 0.15) is 10.7 Å². The van der Waals surface area contributed by atoms with Crippen molar-refractivity contribution in [3.8, 4) is 0 Å². The predicted octanol–water partition coefficient (Wildman–Crippen LogP) is 1.10. The fourth-order valence-electron chi connectivity index (χ4n) is 2.34. The minimum absolute atomic E-state index is 0.0112. The molecule has 1 aliphatic heterocycles. The molecule has 2 atom stereocenters. The van der Waals surface area contributed by atoms with E-state index < -0.39 is 0 Å². The number of nitrogens with zero attached hydrogens (tertiary/aromatic N) is 2. The van der Waals surface area contributed by atoms with E-state index >= 15 is 0 Å². The van der Waals surface area contributed by atoms with E-state index in [9.17, 15) is 4.79 Å². The molecular weight excluding hydrogens is 250 g/mol. The molecule has 0 radical (unpaired) electrons. The lowest BCUT2D eigenvalue weighted by Crippen LogP contribution is -2.34. The van der Waals surface area contributed by atoms with Gasteiger partial charge in [0.15, 0.2) is 0 Å². The third-order valence-corrected chi connectivity index (χ3v) is 4.12. The van der Waals surface area contributed by atoms with Gasteiger partial charge in [-0.15, -0.1) is 11.3 Å². The van der Waals surface area contributed by atoms with E-state index in [0.717, 1.165) is 18.0 Å². The van der Waals surface area contributed by atoms with Crippen molar-refractivity contribution in [1.82, 2.24) is 9.88 Å². The van der Waals surface area contributed by atoms with Crippen LogP contribution in [-0.4, -0.2) is 42.0 Å². The Kier molecular flexibility index (Phi) is 4.31. The number of thiazole rings is 1. The number of nitrogens with two attached hydrogens (primary N) is 1. The summed E-state index contributed by atoms with van der Waals surface area (Å²) in [6.45, 7) is 3.91. The van der Waals surface area contributed by atoms with Crippen LogP contribution in [0.25, 0.3) is 0 Å². The smallest absolute Gasteiger partial charge is 0.273 e. The summed E-state index contributed by atoms with van der Waals surface area (Å²) in [7, 11) is 1.62. The van der Waals surface area contributed by atoms with Gasteiger partial charge < -0.3 is 15.4 Å². The monoisotopic (exact) mass is 269 g/mol. The summed E-state index contributed by atoms with van der Waals surface area (Å²) in [4.78, 5) is 18.5. The van der Waals surface area contributed by atoms with Crippen molar-refractivity contribution in [1.29, 1.82) is 0 Å². The first kappa shape index (κ1) is 13.5.